The zero-order chi connectivity index (χ0) is 15.1. The van der Waals surface area contributed by atoms with Crippen LogP contribution in [0.4, 0.5) is 0 Å². The maximum Gasteiger partial charge on any atom is 0.210 e. The van der Waals surface area contributed by atoms with Crippen molar-refractivity contribution in [3.63, 3.8) is 0 Å². The van der Waals surface area contributed by atoms with Gasteiger partial charge in [0.25, 0.3) is 0 Å². The highest BCUT2D eigenvalue weighted by Gasteiger charge is 2.72. The molecule has 0 aromatic rings. The molecular formula is C18H24O2. The van der Waals surface area contributed by atoms with E-state index in [1.807, 2.05) is 0 Å². The number of hydrogen-bond donors (Lipinski definition) is 0. The van der Waals surface area contributed by atoms with Crippen LogP contribution in [0.15, 0.2) is 24.3 Å². The number of fused-ring (bicyclic) bond motifs is 1. The minimum atomic E-state index is -0.642. The lowest BCUT2D eigenvalue weighted by Gasteiger charge is -2.65. The van der Waals surface area contributed by atoms with Crippen molar-refractivity contribution < 1.29 is 9.59 Å². The number of allylic oxidation sites excluding steroid dienone is 4. The molecule has 4 aliphatic carbocycles. The van der Waals surface area contributed by atoms with Gasteiger partial charge in [-0.3, -0.25) is 9.59 Å². The Bertz CT molecular complexity index is 517. The quantitative estimate of drug-likeness (QED) is 0.499. The van der Waals surface area contributed by atoms with Crippen molar-refractivity contribution in [3.8, 4) is 0 Å². The van der Waals surface area contributed by atoms with Gasteiger partial charge in [-0.15, -0.1) is 0 Å². The van der Waals surface area contributed by atoms with Gasteiger partial charge >= 0.3 is 0 Å². The Balaban J connectivity index is 2.31. The monoisotopic (exact) mass is 272 g/mol. The third-order valence-electron chi connectivity index (χ3n) is 6.01. The second-order valence-corrected chi connectivity index (χ2v) is 8.67. The van der Waals surface area contributed by atoms with Crippen LogP contribution in [0.5, 0.6) is 0 Å². The maximum absolute atomic E-state index is 13.0. The van der Waals surface area contributed by atoms with E-state index < -0.39 is 10.8 Å². The molecule has 4 rings (SSSR count). The van der Waals surface area contributed by atoms with Gasteiger partial charge in [-0.1, -0.05) is 65.8 Å². The van der Waals surface area contributed by atoms with Crippen molar-refractivity contribution in [1.29, 1.82) is 0 Å². The van der Waals surface area contributed by atoms with Crippen LogP contribution in [0.3, 0.4) is 0 Å². The summed E-state index contributed by atoms with van der Waals surface area (Å²) in [5.74, 6) is 0.00917. The molecule has 0 amide bonds. The topological polar surface area (TPSA) is 34.1 Å². The van der Waals surface area contributed by atoms with Crippen molar-refractivity contribution in [3.05, 3.63) is 24.3 Å². The Morgan fingerprint density at radius 3 is 1.25 bits per heavy atom. The highest BCUT2D eigenvalue weighted by molar-refractivity contribution is 6.44. The average Bonchev–Trinajstić information content (AvgIpc) is 2.22. The maximum atomic E-state index is 13.0. The molecule has 1 fully saturated rings. The number of hydrogen-bond acceptors (Lipinski definition) is 2. The molecule has 0 spiro atoms. The second kappa shape index (κ2) is 3.35. The number of carbonyl (C=O) groups excluding carboxylic acids is 2. The largest absolute Gasteiger partial charge is 0.290 e. The SMILES string of the molecule is CC(C)(C)[C@@]12C=C[C@@](C(C)(C)C)(C(=O)C1=O)[C@H]1C=C[C@@H]12. The lowest BCUT2D eigenvalue weighted by Crippen LogP contribution is -2.70. The average molecular weight is 272 g/mol. The van der Waals surface area contributed by atoms with Crippen LogP contribution >= 0.6 is 0 Å². The van der Waals surface area contributed by atoms with E-state index in [9.17, 15) is 9.59 Å². The summed E-state index contributed by atoms with van der Waals surface area (Å²) in [5, 5.41) is 0. The summed E-state index contributed by atoms with van der Waals surface area (Å²) >= 11 is 0. The predicted octanol–water partition coefficient (Wildman–Crippen LogP) is 3.58. The van der Waals surface area contributed by atoms with Crippen molar-refractivity contribution in [2.24, 2.45) is 33.5 Å². The molecule has 0 aliphatic heterocycles. The van der Waals surface area contributed by atoms with Gasteiger partial charge in [0.05, 0.1) is 10.8 Å². The Hall–Kier alpha value is -1.18. The molecule has 108 valence electrons. The van der Waals surface area contributed by atoms with Crippen LogP contribution in [0.2, 0.25) is 0 Å². The number of carbonyl (C=O) groups is 2. The summed E-state index contributed by atoms with van der Waals surface area (Å²) in [7, 11) is 0. The molecule has 2 heteroatoms. The van der Waals surface area contributed by atoms with Gasteiger partial charge in [-0.25, -0.2) is 0 Å². The summed E-state index contributed by atoms with van der Waals surface area (Å²) in [5.41, 5.74) is -1.77. The van der Waals surface area contributed by atoms with E-state index >= 15 is 0 Å². The van der Waals surface area contributed by atoms with Crippen LogP contribution in [0, 0.1) is 33.5 Å². The first kappa shape index (κ1) is 13.8. The van der Waals surface area contributed by atoms with E-state index in [0.717, 1.165) is 0 Å². The van der Waals surface area contributed by atoms with Crippen LogP contribution in [0.25, 0.3) is 0 Å². The summed E-state index contributed by atoms with van der Waals surface area (Å²) in [6.45, 7) is 12.4. The molecule has 0 saturated heterocycles. The van der Waals surface area contributed by atoms with E-state index in [1.54, 1.807) is 0 Å². The van der Waals surface area contributed by atoms with Crippen molar-refractivity contribution in [2.45, 2.75) is 41.5 Å². The highest BCUT2D eigenvalue weighted by Crippen LogP contribution is 2.69. The molecule has 2 bridgehead atoms. The molecule has 0 heterocycles. The first-order chi connectivity index (χ1) is 9.00. The van der Waals surface area contributed by atoms with Gasteiger partial charge < -0.3 is 0 Å². The zero-order valence-electron chi connectivity index (χ0n) is 13.3. The summed E-state index contributed by atoms with van der Waals surface area (Å²) in [6.07, 6.45) is 8.41. The van der Waals surface area contributed by atoms with Gasteiger partial charge in [0.1, 0.15) is 0 Å². The van der Waals surface area contributed by atoms with Crippen molar-refractivity contribution >= 4 is 11.6 Å². The fourth-order valence-electron chi connectivity index (χ4n) is 4.70. The Morgan fingerprint density at radius 1 is 0.750 bits per heavy atom. The van der Waals surface area contributed by atoms with Crippen molar-refractivity contribution in [1.82, 2.24) is 0 Å². The molecule has 0 unspecified atom stereocenters. The molecule has 0 aromatic carbocycles. The molecule has 0 N–H and O–H groups in total. The number of rotatable bonds is 0. The first-order valence-electron chi connectivity index (χ1n) is 7.48. The van der Waals surface area contributed by atoms with Crippen LogP contribution < -0.4 is 0 Å². The van der Waals surface area contributed by atoms with Gasteiger partial charge in [-0.05, 0) is 10.8 Å². The van der Waals surface area contributed by atoms with E-state index in [-0.39, 0.29) is 34.2 Å². The third kappa shape index (κ3) is 1.14. The molecule has 4 aliphatic rings. The van der Waals surface area contributed by atoms with Crippen LogP contribution in [-0.2, 0) is 9.59 Å². The summed E-state index contributed by atoms with van der Waals surface area (Å²) in [6, 6.07) is 0. The summed E-state index contributed by atoms with van der Waals surface area (Å²) in [4.78, 5) is 25.9. The summed E-state index contributed by atoms with van der Waals surface area (Å²) < 4.78 is 0. The van der Waals surface area contributed by atoms with Crippen LogP contribution in [-0.4, -0.2) is 11.6 Å². The van der Waals surface area contributed by atoms with Gasteiger partial charge in [0.2, 0.25) is 11.6 Å². The molecule has 0 aromatic heterocycles. The fourth-order valence-corrected chi connectivity index (χ4v) is 4.70. The van der Waals surface area contributed by atoms with E-state index in [0.29, 0.717) is 0 Å². The van der Waals surface area contributed by atoms with Crippen LogP contribution in [0.1, 0.15) is 41.5 Å². The molecule has 20 heavy (non-hydrogen) atoms. The minimum absolute atomic E-state index is 0.173. The van der Waals surface area contributed by atoms with E-state index in [2.05, 4.69) is 65.8 Å². The highest BCUT2D eigenvalue weighted by atomic mass is 16.2. The van der Waals surface area contributed by atoms with E-state index in [4.69, 9.17) is 0 Å². The Morgan fingerprint density at radius 2 is 1.05 bits per heavy atom. The standard InChI is InChI=1S/C18H24O2/c1-15(2,3)17-9-10-18(16(4,5)6,14(20)13(17)19)12-8-7-11(12)17/h7-12H,1-6H3/t11-,12-,17-,18+/m0/s1. The van der Waals surface area contributed by atoms with Gasteiger partial charge in [0.15, 0.2) is 0 Å². The van der Waals surface area contributed by atoms with Crippen molar-refractivity contribution in [2.75, 3.05) is 0 Å². The van der Waals surface area contributed by atoms with Gasteiger partial charge in [-0.2, -0.15) is 0 Å². The third-order valence-corrected chi connectivity index (χ3v) is 6.01. The smallest absolute Gasteiger partial charge is 0.210 e. The first-order valence-corrected chi connectivity index (χ1v) is 7.48. The predicted molar refractivity (Wildman–Crippen MR) is 79.1 cm³/mol. The number of Topliss-reactive ketones (excluding diaryl/α,β-unsaturated/α-hetero) is 2. The fraction of sp³-hybridized carbons (Fsp3) is 0.667. The molecule has 2 nitrogen and oxygen atoms in total. The Kier molecular flexibility index (Phi) is 2.31. The number of ketones is 2. The second-order valence-electron chi connectivity index (χ2n) is 8.67. The van der Waals surface area contributed by atoms with E-state index in [1.165, 1.54) is 0 Å². The Labute approximate surface area is 121 Å². The molecular weight excluding hydrogens is 248 g/mol. The lowest BCUT2D eigenvalue weighted by molar-refractivity contribution is -0.171. The minimum Gasteiger partial charge on any atom is -0.290 e. The van der Waals surface area contributed by atoms with Gasteiger partial charge in [0, 0.05) is 11.8 Å². The molecule has 1 saturated carbocycles. The molecule has 4 atom stereocenters. The lowest BCUT2D eigenvalue weighted by atomic mass is 9.35. The normalized spacial score (nSPS) is 42.7. The zero-order valence-corrected chi connectivity index (χ0v) is 13.3. The molecule has 0 radical (unpaired) electrons.